The second-order valence-corrected chi connectivity index (χ2v) is 10.5. The van der Waals surface area contributed by atoms with Gasteiger partial charge in [0, 0.05) is 23.9 Å². The van der Waals surface area contributed by atoms with Crippen LogP contribution in [-0.2, 0) is 32.2 Å². The summed E-state index contributed by atoms with van der Waals surface area (Å²) in [5, 5.41) is 31.8. The second-order valence-electron chi connectivity index (χ2n) is 10.5. The van der Waals surface area contributed by atoms with E-state index in [-0.39, 0.29) is 30.8 Å². The molecular formula is C27H27N3O8. The Morgan fingerprint density at radius 3 is 2.50 bits per heavy atom. The van der Waals surface area contributed by atoms with Crippen LogP contribution < -0.4 is 5.73 Å². The van der Waals surface area contributed by atoms with E-state index in [4.69, 9.17) is 5.73 Å². The third-order valence-electron chi connectivity index (χ3n) is 8.23. The average molecular weight is 522 g/mol. The molecule has 0 saturated heterocycles. The van der Waals surface area contributed by atoms with Crippen LogP contribution in [0.25, 0.3) is 11.1 Å². The maximum absolute atomic E-state index is 13.8. The molecule has 3 unspecified atom stereocenters. The summed E-state index contributed by atoms with van der Waals surface area (Å²) >= 11 is 0. The average Bonchev–Trinajstić information content (AvgIpc) is 2.86. The van der Waals surface area contributed by atoms with Gasteiger partial charge in [0.05, 0.1) is 24.1 Å². The van der Waals surface area contributed by atoms with E-state index in [1.165, 1.54) is 31.3 Å². The van der Waals surface area contributed by atoms with Gasteiger partial charge in [-0.3, -0.25) is 33.9 Å². The molecule has 11 heteroatoms. The number of aliphatic hydroxyl groups excluding tert-OH is 1. The molecule has 1 aromatic carbocycles. The minimum absolute atomic E-state index is 0.0338. The van der Waals surface area contributed by atoms with E-state index in [0.29, 0.717) is 22.3 Å². The van der Waals surface area contributed by atoms with Crippen molar-refractivity contribution in [1.29, 1.82) is 0 Å². The van der Waals surface area contributed by atoms with E-state index in [2.05, 4.69) is 4.98 Å². The molecule has 3 aliphatic rings. The number of rotatable bonds is 4. The van der Waals surface area contributed by atoms with Gasteiger partial charge < -0.3 is 21.1 Å². The number of aromatic nitrogens is 1. The van der Waals surface area contributed by atoms with Gasteiger partial charge in [-0.25, -0.2) is 0 Å². The van der Waals surface area contributed by atoms with Crippen molar-refractivity contribution in [3.05, 3.63) is 47.3 Å². The zero-order valence-corrected chi connectivity index (χ0v) is 20.7. The van der Waals surface area contributed by atoms with Crippen molar-refractivity contribution in [1.82, 2.24) is 9.88 Å². The summed E-state index contributed by atoms with van der Waals surface area (Å²) in [6.07, 6.45) is 3.15. The van der Waals surface area contributed by atoms with Crippen LogP contribution in [0.1, 0.15) is 27.9 Å². The molecule has 2 fully saturated rings. The number of hydrogen-bond donors (Lipinski definition) is 4. The highest BCUT2D eigenvalue weighted by Crippen LogP contribution is 2.51. The van der Waals surface area contributed by atoms with Crippen LogP contribution >= 0.6 is 0 Å². The molecule has 2 saturated carbocycles. The monoisotopic (exact) mass is 521 g/mol. The number of pyridine rings is 1. The number of carbonyl (C=O) groups is 5. The Balaban J connectivity index is 1.66. The van der Waals surface area contributed by atoms with E-state index in [1.807, 2.05) is 0 Å². The predicted octanol–water partition coefficient (Wildman–Crippen LogP) is -0.579. The van der Waals surface area contributed by atoms with Gasteiger partial charge in [-0.2, -0.15) is 0 Å². The fraction of sp³-hybridized carbons (Fsp3) is 0.407. The Kier molecular flexibility index (Phi) is 6.05. The van der Waals surface area contributed by atoms with Gasteiger partial charge in [-0.1, -0.05) is 6.07 Å². The van der Waals surface area contributed by atoms with Crippen molar-refractivity contribution in [3.8, 4) is 16.9 Å². The molecule has 1 aromatic heterocycles. The van der Waals surface area contributed by atoms with Gasteiger partial charge in [0.15, 0.2) is 34.7 Å². The van der Waals surface area contributed by atoms with Crippen LogP contribution in [0, 0.1) is 23.7 Å². The Hall–Kier alpha value is -3.80. The summed E-state index contributed by atoms with van der Waals surface area (Å²) in [6.45, 7) is -0.250. The first-order valence-electron chi connectivity index (χ1n) is 12.2. The number of nitrogens with zero attached hydrogens (tertiary/aromatic N) is 2. The highest BCUT2D eigenvalue weighted by molar-refractivity contribution is 6.32. The number of ketones is 4. The largest absolute Gasteiger partial charge is 0.507 e. The predicted molar refractivity (Wildman–Crippen MR) is 131 cm³/mol. The lowest BCUT2D eigenvalue weighted by molar-refractivity contribution is -0.181. The van der Waals surface area contributed by atoms with E-state index < -0.39 is 64.4 Å². The number of fused-ring (bicyclic) bond motifs is 3. The summed E-state index contributed by atoms with van der Waals surface area (Å²) in [5.74, 6) is -10.9. The standard InChI is InChI=1S/C27H27N3O8/c1-30(2)21-16-7-12-6-15-14(13-5-11(10-31)8-29-9-13)3-4-17(32)19(15)22(33)18(12)24(35)27(16,38)25(36)20(23(21)34)26(28)37/h3-5,8-9,12,16,18,20-21,31-32,38H,6-7,10H2,1-2H3,(H2,28,37)/t12-,16-,18?,20?,21?,27+/m0/s1. The number of amides is 1. The number of Topliss-reactive ketones (excluding diaryl/α,β-unsaturated/α-hetero) is 4. The quantitative estimate of drug-likeness (QED) is 0.379. The zero-order valence-electron chi connectivity index (χ0n) is 20.7. The molecule has 0 spiro atoms. The number of primary amides is 1. The lowest BCUT2D eigenvalue weighted by Gasteiger charge is -2.52. The molecule has 3 aliphatic carbocycles. The van der Waals surface area contributed by atoms with Crippen LogP contribution in [0.15, 0.2) is 30.6 Å². The number of likely N-dealkylation sites (N-methyl/N-ethyl adjacent to an activating group) is 1. The van der Waals surface area contributed by atoms with Crippen LogP contribution in [0.5, 0.6) is 5.75 Å². The first-order chi connectivity index (χ1) is 17.9. The normalized spacial score (nSPS) is 30.6. The minimum atomic E-state index is -2.76. The van der Waals surface area contributed by atoms with E-state index >= 15 is 0 Å². The van der Waals surface area contributed by atoms with Gasteiger partial charge in [0.1, 0.15) is 5.75 Å². The molecule has 6 atom stereocenters. The lowest BCUT2D eigenvalue weighted by atomic mass is 9.52. The van der Waals surface area contributed by atoms with Crippen LogP contribution in [0.2, 0.25) is 0 Å². The number of phenols is 1. The third-order valence-corrected chi connectivity index (χ3v) is 8.23. The van der Waals surface area contributed by atoms with Gasteiger partial charge in [0.25, 0.3) is 0 Å². The molecule has 11 nitrogen and oxygen atoms in total. The Morgan fingerprint density at radius 2 is 1.87 bits per heavy atom. The Morgan fingerprint density at radius 1 is 1.16 bits per heavy atom. The summed E-state index contributed by atoms with van der Waals surface area (Å²) in [5.41, 5.74) is 4.66. The van der Waals surface area contributed by atoms with Gasteiger partial charge >= 0.3 is 0 Å². The minimum Gasteiger partial charge on any atom is -0.507 e. The SMILES string of the molecule is CN(C)C1C(=O)C(C(N)=O)C(=O)[C@]2(O)C(=O)C3C(=O)c4c(O)ccc(-c5cncc(CO)c5)c4C[C@H]3C[C@@H]12. The highest BCUT2D eigenvalue weighted by Gasteiger charge is 2.69. The molecule has 0 bridgehead atoms. The molecule has 0 radical (unpaired) electrons. The molecule has 198 valence electrons. The van der Waals surface area contributed by atoms with E-state index in [9.17, 15) is 39.3 Å². The maximum Gasteiger partial charge on any atom is 0.235 e. The highest BCUT2D eigenvalue weighted by atomic mass is 16.3. The number of phenolic OH excluding ortho intramolecular Hbond substituents is 1. The van der Waals surface area contributed by atoms with Gasteiger partial charge in [-0.05, 0) is 61.7 Å². The number of hydrogen-bond acceptors (Lipinski definition) is 10. The number of aliphatic hydroxyl groups is 2. The molecule has 1 heterocycles. The lowest BCUT2D eigenvalue weighted by Crippen LogP contribution is -2.74. The van der Waals surface area contributed by atoms with Crippen molar-refractivity contribution >= 4 is 29.0 Å². The zero-order chi connectivity index (χ0) is 27.7. The van der Waals surface area contributed by atoms with Crippen molar-refractivity contribution in [2.45, 2.75) is 31.1 Å². The van der Waals surface area contributed by atoms with Crippen molar-refractivity contribution in [3.63, 3.8) is 0 Å². The van der Waals surface area contributed by atoms with Crippen LogP contribution in [0.3, 0.4) is 0 Å². The molecule has 5 N–H and O–H groups in total. The first-order valence-corrected chi connectivity index (χ1v) is 12.2. The Labute approximate surface area is 217 Å². The molecule has 2 aromatic rings. The third kappa shape index (κ3) is 3.46. The van der Waals surface area contributed by atoms with Crippen molar-refractivity contribution in [2.24, 2.45) is 29.4 Å². The van der Waals surface area contributed by atoms with E-state index in [0.717, 1.165) is 0 Å². The van der Waals surface area contributed by atoms with Crippen molar-refractivity contribution in [2.75, 3.05) is 14.1 Å². The maximum atomic E-state index is 13.8. The Bertz CT molecular complexity index is 1420. The van der Waals surface area contributed by atoms with Gasteiger partial charge in [-0.15, -0.1) is 0 Å². The fourth-order valence-electron chi connectivity index (χ4n) is 6.60. The molecule has 1 amide bonds. The van der Waals surface area contributed by atoms with Crippen LogP contribution in [0.4, 0.5) is 0 Å². The van der Waals surface area contributed by atoms with E-state index in [1.54, 1.807) is 18.3 Å². The molecule has 5 rings (SSSR count). The number of carbonyl (C=O) groups excluding carboxylic acids is 5. The molecule has 0 aliphatic heterocycles. The topological polar surface area (TPSA) is 188 Å². The fourth-order valence-corrected chi connectivity index (χ4v) is 6.60. The summed E-state index contributed by atoms with van der Waals surface area (Å²) in [7, 11) is 3.07. The number of benzene rings is 1. The number of nitrogens with two attached hydrogens (primary N) is 1. The molecule has 38 heavy (non-hydrogen) atoms. The van der Waals surface area contributed by atoms with Crippen LogP contribution in [-0.4, -0.2) is 80.0 Å². The smallest absolute Gasteiger partial charge is 0.235 e. The first kappa shape index (κ1) is 25.8. The van der Waals surface area contributed by atoms with Gasteiger partial charge in [0.2, 0.25) is 5.91 Å². The summed E-state index contributed by atoms with van der Waals surface area (Å²) in [4.78, 5) is 71.7. The number of aromatic hydroxyl groups is 1. The van der Waals surface area contributed by atoms with Crippen molar-refractivity contribution < 1.29 is 39.3 Å². The molecular weight excluding hydrogens is 494 g/mol. The summed E-state index contributed by atoms with van der Waals surface area (Å²) < 4.78 is 0. The summed E-state index contributed by atoms with van der Waals surface area (Å²) in [6, 6.07) is 3.48. The second kappa shape index (κ2) is 8.90.